The normalized spacial score (nSPS) is 17.5. The van der Waals surface area contributed by atoms with Crippen LogP contribution in [-0.2, 0) is 0 Å². The number of piperazine rings is 1. The Labute approximate surface area is 169 Å². The van der Waals surface area contributed by atoms with Gasteiger partial charge in [-0.2, -0.15) is 0 Å². The maximum atomic E-state index is 11.7. The summed E-state index contributed by atoms with van der Waals surface area (Å²) in [7, 11) is 1.61. The van der Waals surface area contributed by atoms with E-state index in [-0.39, 0.29) is 42.9 Å². The van der Waals surface area contributed by atoms with E-state index in [1.807, 2.05) is 19.1 Å². The molecule has 10 heteroatoms. The highest BCUT2D eigenvalue weighted by Crippen LogP contribution is 2.26. The van der Waals surface area contributed by atoms with Crippen molar-refractivity contribution in [2.75, 3.05) is 31.6 Å². The summed E-state index contributed by atoms with van der Waals surface area (Å²) >= 11 is 1.49. The van der Waals surface area contributed by atoms with E-state index in [9.17, 15) is 4.79 Å². The molecule has 0 bridgehead atoms. The van der Waals surface area contributed by atoms with Crippen molar-refractivity contribution in [3.63, 3.8) is 0 Å². The van der Waals surface area contributed by atoms with Crippen molar-refractivity contribution in [2.45, 2.75) is 19.1 Å². The molecule has 7 nitrogen and oxygen atoms in total. The Hall–Kier alpha value is -1.61. The Morgan fingerprint density at radius 2 is 2.31 bits per heavy atom. The zero-order chi connectivity index (χ0) is 16.9. The third kappa shape index (κ3) is 5.20. The second-order valence-electron chi connectivity index (χ2n) is 5.57. The zero-order valence-electron chi connectivity index (χ0n) is 14.5. The fraction of sp³-hybridized carbons (Fsp3) is 0.438. The Morgan fingerprint density at radius 1 is 1.50 bits per heavy atom. The van der Waals surface area contributed by atoms with E-state index in [1.54, 1.807) is 24.8 Å². The first-order valence-electron chi connectivity index (χ1n) is 7.90. The second-order valence-corrected chi connectivity index (χ2v) is 6.41. The first kappa shape index (κ1) is 22.4. The number of carbonyl (C=O) groups excluding carboxylic acids is 1. The lowest BCUT2D eigenvalue weighted by Crippen LogP contribution is -2.57. The van der Waals surface area contributed by atoms with Gasteiger partial charge in [-0.3, -0.25) is 9.78 Å². The highest BCUT2D eigenvalue weighted by Gasteiger charge is 2.31. The van der Waals surface area contributed by atoms with E-state index in [2.05, 4.69) is 25.5 Å². The fourth-order valence-corrected chi connectivity index (χ4v) is 3.61. The molecule has 0 aliphatic carbocycles. The van der Waals surface area contributed by atoms with Crippen LogP contribution in [0, 0.1) is 0 Å². The topological polar surface area (TPSA) is 79.4 Å². The highest BCUT2D eigenvalue weighted by molar-refractivity contribution is 7.14. The fourth-order valence-electron chi connectivity index (χ4n) is 2.72. The molecule has 1 aliphatic heterocycles. The molecule has 1 aliphatic rings. The van der Waals surface area contributed by atoms with Gasteiger partial charge in [0.15, 0.2) is 5.13 Å². The lowest BCUT2D eigenvalue weighted by molar-refractivity contribution is 0.0959. The Balaban J connectivity index is 0.00000169. The number of rotatable bonds is 5. The predicted octanol–water partition coefficient (Wildman–Crippen LogP) is 1.99. The summed E-state index contributed by atoms with van der Waals surface area (Å²) in [5.74, 6) is 0.588. The van der Waals surface area contributed by atoms with Crippen LogP contribution in [0.3, 0.4) is 0 Å². The number of hydrogen-bond donors (Lipinski definition) is 2. The summed E-state index contributed by atoms with van der Waals surface area (Å²) < 4.78 is 6.03. The molecule has 2 aromatic rings. The number of halogens is 2. The van der Waals surface area contributed by atoms with E-state index >= 15 is 0 Å². The van der Waals surface area contributed by atoms with E-state index < -0.39 is 0 Å². The molecule has 0 radical (unpaired) electrons. The first-order valence-corrected chi connectivity index (χ1v) is 8.78. The lowest BCUT2D eigenvalue weighted by Gasteiger charge is -2.39. The number of carbonyl (C=O) groups is 1. The molecular weight excluding hydrogens is 397 g/mol. The molecule has 144 valence electrons. The number of nitrogens with zero attached hydrogens (tertiary/aromatic N) is 3. The maximum Gasteiger partial charge on any atom is 0.270 e. The van der Waals surface area contributed by atoms with Gasteiger partial charge >= 0.3 is 0 Å². The van der Waals surface area contributed by atoms with E-state index in [1.165, 1.54) is 11.3 Å². The minimum atomic E-state index is -0.163. The molecule has 0 aromatic carbocycles. The number of ether oxygens (including phenoxy) is 1. The third-order valence-corrected chi connectivity index (χ3v) is 4.86. The molecule has 3 rings (SSSR count). The van der Waals surface area contributed by atoms with Gasteiger partial charge in [0, 0.05) is 38.3 Å². The quantitative estimate of drug-likeness (QED) is 0.771. The molecule has 1 amide bonds. The van der Waals surface area contributed by atoms with Gasteiger partial charge in [0.05, 0.1) is 12.2 Å². The lowest BCUT2D eigenvalue weighted by atomic mass is 10.1. The smallest absolute Gasteiger partial charge is 0.270 e. The molecule has 2 atom stereocenters. The van der Waals surface area contributed by atoms with Crippen LogP contribution in [0.4, 0.5) is 5.13 Å². The van der Waals surface area contributed by atoms with Crippen LogP contribution in [-0.4, -0.2) is 54.7 Å². The number of anilines is 1. The third-order valence-electron chi connectivity index (χ3n) is 3.98. The number of pyridine rings is 1. The minimum absolute atomic E-state index is 0. The molecule has 0 saturated carbocycles. The molecular formula is C16H23Cl2N5O2S. The molecule has 1 saturated heterocycles. The molecule has 2 unspecified atom stereocenters. The Kier molecular flexibility index (Phi) is 9.07. The average molecular weight is 420 g/mol. The van der Waals surface area contributed by atoms with Crippen LogP contribution in [0.25, 0.3) is 0 Å². The van der Waals surface area contributed by atoms with Crippen molar-refractivity contribution in [3.05, 3.63) is 35.6 Å². The zero-order valence-corrected chi connectivity index (χ0v) is 17.0. The second kappa shape index (κ2) is 10.5. The van der Waals surface area contributed by atoms with Crippen LogP contribution in [0.15, 0.2) is 29.9 Å². The monoisotopic (exact) mass is 419 g/mol. The van der Waals surface area contributed by atoms with E-state index in [0.717, 1.165) is 30.5 Å². The van der Waals surface area contributed by atoms with Crippen molar-refractivity contribution < 1.29 is 9.53 Å². The Morgan fingerprint density at radius 3 is 3.00 bits per heavy atom. The molecule has 26 heavy (non-hydrogen) atoms. The summed E-state index contributed by atoms with van der Waals surface area (Å²) in [5.41, 5.74) is 0.454. The van der Waals surface area contributed by atoms with Crippen molar-refractivity contribution in [1.82, 2.24) is 20.6 Å². The number of hydrogen-bond acceptors (Lipinski definition) is 7. The molecule has 3 heterocycles. The summed E-state index contributed by atoms with van der Waals surface area (Å²) in [5, 5.41) is 8.65. The van der Waals surface area contributed by atoms with Gasteiger partial charge in [0.2, 0.25) is 0 Å². The van der Waals surface area contributed by atoms with E-state index in [4.69, 9.17) is 4.74 Å². The number of nitrogens with one attached hydrogen (secondary N) is 2. The number of amides is 1. The first-order chi connectivity index (χ1) is 11.7. The van der Waals surface area contributed by atoms with Crippen molar-refractivity contribution in [1.29, 1.82) is 0 Å². The van der Waals surface area contributed by atoms with Crippen molar-refractivity contribution in [2.24, 2.45) is 0 Å². The molecule has 1 fully saturated rings. The van der Waals surface area contributed by atoms with Gasteiger partial charge < -0.3 is 20.3 Å². The van der Waals surface area contributed by atoms with Crippen LogP contribution in [0.2, 0.25) is 0 Å². The van der Waals surface area contributed by atoms with Crippen molar-refractivity contribution in [3.8, 4) is 5.75 Å². The maximum absolute atomic E-state index is 11.7. The molecule has 2 N–H and O–H groups in total. The summed E-state index contributed by atoms with van der Waals surface area (Å²) in [6.07, 6.45) is 3.39. The van der Waals surface area contributed by atoms with Crippen LogP contribution in [0.5, 0.6) is 5.75 Å². The number of thiazole rings is 1. The van der Waals surface area contributed by atoms with Crippen LogP contribution >= 0.6 is 36.2 Å². The summed E-state index contributed by atoms with van der Waals surface area (Å²) in [6, 6.07) is 3.88. The van der Waals surface area contributed by atoms with E-state index in [0.29, 0.717) is 5.69 Å². The van der Waals surface area contributed by atoms with Gasteiger partial charge in [0.25, 0.3) is 5.91 Å². The van der Waals surface area contributed by atoms with Gasteiger partial charge in [-0.25, -0.2) is 4.98 Å². The largest absolute Gasteiger partial charge is 0.487 e. The molecule has 2 aromatic heterocycles. The predicted molar refractivity (Wildman–Crippen MR) is 108 cm³/mol. The summed E-state index contributed by atoms with van der Waals surface area (Å²) in [4.78, 5) is 22.5. The summed E-state index contributed by atoms with van der Waals surface area (Å²) in [6.45, 7) is 4.55. The minimum Gasteiger partial charge on any atom is -0.487 e. The van der Waals surface area contributed by atoms with Gasteiger partial charge in [0.1, 0.15) is 17.5 Å². The number of aromatic nitrogens is 2. The standard InChI is InChI=1S/C16H21N5O2S.2ClH/c1-11(23-12-4-3-5-18-8-12)14-9-19-6-7-21(14)16-20-13(10-24-16)15(22)17-2;;/h3-5,8,10-11,14,19H,6-7,9H2,1-2H3,(H,17,22);2*1H. The van der Waals surface area contributed by atoms with Gasteiger partial charge in [-0.1, -0.05) is 0 Å². The van der Waals surface area contributed by atoms with Crippen LogP contribution < -0.4 is 20.3 Å². The van der Waals surface area contributed by atoms with Crippen molar-refractivity contribution >= 4 is 47.2 Å². The van der Waals surface area contributed by atoms with Crippen LogP contribution in [0.1, 0.15) is 17.4 Å². The average Bonchev–Trinajstić information content (AvgIpc) is 3.12. The highest BCUT2D eigenvalue weighted by atomic mass is 35.5. The van der Waals surface area contributed by atoms with Gasteiger partial charge in [-0.05, 0) is 19.1 Å². The SMILES string of the molecule is CNC(=O)c1csc(N2CCNCC2C(C)Oc2cccnc2)n1.Cl.Cl. The Bertz CT molecular complexity index is 688. The van der Waals surface area contributed by atoms with Gasteiger partial charge in [-0.15, -0.1) is 36.2 Å². The molecule has 0 spiro atoms.